The topological polar surface area (TPSA) is 70.4 Å². The summed E-state index contributed by atoms with van der Waals surface area (Å²) in [6, 6.07) is 10.2. The van der Waals surface area contributed by atoms with Crippen LogP contribution < -0.4 is 15.4 Å². The Bertz CT molecular complexity index is 1470. The maximum atomic E-state index is 13.8. The maximum Gasteiger partial charge on any atom is 0.267 e. The summed E-state index contributed by atoms with van der Waals surface area (Å²) in [6.45, 7) is 5.50. The average Bonchev–Trinajstić information content (AvgIpc) is 3.18. The number of amides is 1. The Morgan fingerprint density at radius 2 is 1.82 bits per heavy atom. The van der Waals surface area contributed by atoms with E-state index in [1.54, 1.807) is 36.4 Å². The van der Waals surface area contributed by atoms with E-state index in [1.165, 1.54) is 28.3 Å². The van der Waals surface area contributed by atoms with Crippen LogP contribution in [0.2, 0.25) is 0 Å². The fourth-order valence-electron chi connectivity index (χ4n) is 4.69. The summed E-state index contributed by atoms with van der Waals surface area (Å²) < 4.78 is 20.5. The number of benzene rings is 1. The van der Waals surface area contributed by atoms with Crippen LogP contribution in [0.15, 0.2) is 52.3 Å². The van der Waals surface area contributed by atoms with Gasteiger partial charge in [0, 0.05) is 58.3 Å². The fraction of sp³-hybridized carbons (Fsp3) is 0.333. The van der Waals surface area contributed by atoms with Gasteiger partial charge in [-0.05, 0) is 55.3 Å². The highest BCUT2D eigenvalue weighted by Crippen LogP contribution is 2.34. The molecule has 1 aromatic carbocycles. The highest BCUT2D eigenvalue weighted by molar-refractivity contribution is 8.26. The molecule has 3 aromatic rings. The third-order valence-corrected chi connectivity index (χ3v) is 8.09. The van der Waals surface area contributed by atoms with Gasteiger partial charge in [-0.25, -0.2) is 9.37 Å². The molecule has 0 aliphatic carbocycles. The molecule has 0 radical (unpaired) electrons. The minimum atomic E-state index is -0.266. The van der Waals surface area contributed by atoms with Gasteiger partial charge < -0.3 is 14.5 Å². The van der Waals surface area contributed by atoms with Gasteiger partial charge in [0.2, 0.25) is 0 Å². The van der Waals surface area contributed by atoms with Crippen LogP contribution in [0.25, 0.3) is 11.7 Å². The van der Waals surface area contributed by atoms with E-state index in [0.717, 1.165) is 11.3 Å². The number of aryl methyl sites for hydroxylation is 1. The number of ether oxygens (including phenoxy) is 1. The van der Waals surface area contributed by atoms with Crippen LogP contribution in [-0.2, 0) is 9.53 Å². The summed E-state index contributed by atoms with van der Waals surface area (Å²) in [6.07, 6.45) is 4.00. The quantitative estimate of drug-likeness (QED) is 0.249. The van der Waals surface area contributed by atoms with E-state index in [9.17, 15) is 14.0 Å². The Kier molecular flexibility index (Phi) is 7.78. The Hall–Kier alpha value is -3.28. The van der Waals surface area contributed by atoms with Crippen LogP contribution in [0.1, 0.15) is 17.5 Å². The molecule has 8 nitrogen and oxygen atoms in total. The number of halogens is 1. The number of carbonyl (C=O) groups excluding carboxylic acids is 1. The summed E-state index contributed by atoms with van der Waals surface area (Å²) >= 11 is 6.66. The molecule has 0 bridgehead atoms. The molecule has 4 heterocycles. The van der Waals surface area contributed by atoms with E-state index in [4.69, 9.17) is 21.9 Å². The first kappa shape index (κ1) is 26.3. The van der Waals surface area contributed by atoms with Gasteiger partial charge in [-0.15, -0.1) is 0 Å². The highest BCUT2D eigenvalue weighted by Gasteiger charge is 2.33. The van der Waals surface area contributed by atoms with Gasteiger partial charge in [0.05, 0.1) is 10.5 Å². The number of hydrogen-bond donors (Lipinski definition) is 0. The second-order valence-corrected chi connectivity index (χ2v) is 10.8. The minimum Gasteiger partial charge on any atom is -0.385 e. The third-order valence-electron chi connectivity index (χ3n) is 6.71. The van der Waals surface area contributed by atoms with Crippen molar-refractivity contribution in [2.24, 2.45) is 0 Å². The van der Waals surface area contributed by atoms with E-state index in [0.29, 0.717) is 72.0 Å². The number of pyridine rings is 1. The molecule has 2 aliphatic heterocycles. The van der Waals surface area contributed by atoms with Crippen LogP contribution in [0, 0.1) is 12.7 Å². The van der Waals surface area contributed by atoms with E-state index in [1.807, 2.05) is 19.1 Å². The Labute approximate surface area is 229 Å². The maximum absolute atomic E-state index is 13.8. The molecule has 1 amide bonds. The van der Waals surface area contributed by atoms with Crippen LogP contribution in [0.4, 0.5) is 15.9 Å². The first-order chi connectivity index (χ1) is 18.4. The van der Waals surface area contributed by atoms with Crippen molar-refractivity contribution in [1.29, 1.82) is 0 Å². The summed E-state index contributed by atoms with van der Waals surface area (Å²) in [5.74, 6) is 0.0713. The van der Waals surface area contributed by atoms with Gasteiger partial charge in [0.1, 0.15) is 21.6 Å². The summed E-state index contributed by atoms with van der Waals surface area (Å²) in [7, 11) is 1.62. The van der Waals surface area contributed by atoms with Crippen LogP contribution >= 0.6 is 24.0 Å². The van der Waals surface area contributed by atoms with Crippen molar-refractivity contribution in [3.05, 3.63) is 74.8 Å². The summed E-state index contributed by atoms with van der Waals surface area (Å²) in [5, 5.41) is 0. The predicted molar refractivity (Wildman–Crippen MR) is 153 cm³/mol. The van der Waals surface area contributed by atoms with Gasteiger partial charge >= 0.3 is 0 Å². The van der Waals surface area contributed by atoms with Crippen LogP contribution in [0.3, 0.4) is 0 Å². The molecule has 0 unspecified atom stereocenters. The highest BCUT2D eigenvalue weighted by atomic mass is 32.2. The van der Waals surface area contributed by atoms with Crippen molar-refractivity contribution in [2.75, 3.05) is 56.2 Å². The molecule has 2 aromatic heterocycles. The largest absolute Gasteiger partial charge is 0.385 e. The van der Waals surface area contributed by atoms with Gasteiger partial charge in [0.25, 0.3) is 11.5 Å². The van der Waals surface area contributed by atoms with Crippen LogP contribution in [-0.4, -0.2) is 71.0 Å². The second-order valence-electron chi connectivity index (χ2n) is 9.17. The van der Waals surface area contributed by atoms with E-state index in [2.05, 4.69) is 9.80 Å². The molecule has 38 heavy (non-hydrogen) atoms. The Morgan fingerprint density at radius 3 is 2.53 bits per heavy atom. The number of nitrogens with zero attached hydrogens (tertiary/aromatic N) is 5. The SMILES string of the molecule is COCCCN1C(=O)C(=Cc2c(N3CCN(c4ccc(F)cc4)CC3)nc3c(C)cccn3c2=O)SC1=S. The summed E-state index contributed by atoms with van der Waals surface area (Å²) in [4.78, 5) is 38.1. The molecule has 198 valence electrons. The van der Waals surface area contributed by atoms with Crippen molar-refractivity contribution in [3.63, 3.8) is 0 Å². The van der Waals surface area contributed by atoms with Gasteiger partial charge in [-0.1, -0.05) is 30.0 Å². The molecule has 5 rings (SSSR count). The molecule has 2 fully saturated rings. The second kappa shape index (κ2) is 11.2. The first-order valence-electron chi connectivity index (χ1n) is 12.4. The molecule has 0 spiro atoms. The summed E-state index contributed by atoms with van der Waals surface area (Å²) in [5.41, 5.74) is 2.54. The molecular weight excluding hydrogens is 525 g/mol. The Morgan fingerprint density at radius 1 is 1.11 bits per heavy atom. The van der Waals surface area contributed by atoms with Gasteiger partial charge in [-0.3, -0.25) is 18.9 Å². The van der Waals surface area contributed by atoms with Crippen molar-refractivity contribution in [2.45, 2.75) is 13.3 Å². The van der Waals surface area contributed by atoms with Gasteiger partial charge in [0.15, 0.2) is 0 Å². The zero-order valence-corrected chi connectivity index (χ0v) is 22.9. The lowest BCUT2D eigenvalue weighted by atomic mass is 10.2. The number of rotatable bonds is 7. The molecule has 0 saturated carbocycles. The average molecular weight is 554 g/mol. The first-order valence-corrected chi connectivity index (χ1v) is 13.6. The standard InChI is InChI=1S/C27H28FN5O3S2/c1-18-5-3-10-32-23(18)29-24(31-14-12-30(13-15-31)20-8-6-19(28)7-9-20)21(25(32)34)17-22-26(35)33(27(37)38-22)11-4-16-36-2/h3,5-10,17H,4,11-16H2,1-2H3. The zero-order valence-electron chi connectivity index (χ0n) is 21.2. The number of aromatic nitrogens is 2. The molecular formula is C27H28FN5O3S2. The number of thioether (sulfide) groups is 1. The van der Waals surface area contributed by atoms with E-state index < -0.39 is 0 Å². The van der Waals surface area contributed by atoms with Crippen LogP contribution in [0.5, 0.6) is 0 Å². The third kappa shape index (κ3) is 5.18. The number of hydrogen-bond acceptors (Lipinski definition) is 8. The van der Waals surface area contributed by atoms with E-state index >= 15 is 0 Å². The van der Waals surface area contributed by atoms with Gasteiger partial charge in [-0.2, -0.15) is 0 Å². The number of methoxy groups -OCH3 is 1. The molecule has 0 atom stereocenters. The smallest absolute Gasteiger partial charge is 0.267 e. The number of anilines is 2. The lowest BCUT2D eigenvalue weighted by Crippen LogP contribution is -2.47. The Balaban J connectivity index is 1.49. The number of fused-ring (bicyclic) bond motifs is 1. The lowest BCUT2D eigenvalue weighted by Gasteiger charge is -2.37. The lowest BCUT2D eigenvalue weighted by molar-refractivity contribution is -0.122. The monoisotopic (exact) mass is 553 g/mol. The van der Waals surface area contributed by atoms with Crippen molar-refractivity contribution < 1.29 is 13.9 Å². The minimum absolute atomic E-state index is 0.211. The van der Waals surface area contributed by atoms with Crippen molar-refractivity contribution in [1.82, 2.24) is 14.3 Å². The number of thiocarbonyl (C=S) groups is 1. The number of piperazine rings is 1. The van der Waals surface area contributed by atoms with Crippen molar-refractivity contribution >= 4 is 57.4 Å². The molecule has 2 saturated heterocycles. The number of carbonyl (C=O) groups is 1. The zero-order chi connectivity index (χ0) is 26.8. The van der Waals surface area contributed by atoms with Crippen molar-refractivity contribution in [3.8, 4) is 0 Å². The normalized spacial score (nSPS) is 17.3. The molecule has 11 heteroatoms. The molecule has 0 N–H and O–H groups in total. The molecule has 2 aliphatic rings. The predicted octanol–water partition coefficient (Wildman–Crippen LogP) is 3.71. The van der Waals surface area contributed by atoms with E-state index in [-0.39, 0.29) is 17.3 Å². The fourth-order valence-corrected chi connectivity index (χ4v) is 5.98.